The highest BCUT2D eigenvalue weighted by Gasteiger charge is 2.27. The smallest absolute Gasteiger partial charge is 0.389 e. The lowest BCUT2D eigenvalue weighted by Crippen LogP contribution is -2.14. The molecule has 1 nitrogen and oxygen atoms in total. The van der Waals surface area contributed by atoms with Crippen LogP contribution in [0.15, 0.2) is 0 Å². The van der Waals surface area contributed by atoms with Gasteiger partial charge in [-0.3, -0.25) is 0 Å². The third kappa shape index (κ3) is 6.03. The van der Waals surface area contributed by atoms with Gasteiger partial charge in [0.25, 0.3) is 0 Å². The van der Waals surface area contributed by atoms with E-state index in [0.717, 1.165) is 12.8 Å². The lowest BCUT2D eigenvalue weighted by Gasteiger charge is -2.15. The van der Waals surface area contributed by atoms with E-state index in [2.05, 4.69) is 0 Å². The fraction of sp³-hybridized carbons (Fsp3) is 1.00. The first-order valence-corrected chi connectivity index (χ1v) is 5.72. The van der Waals surface area contributed by atoms with Crippen molar-refractivity contribution < 1.29 is 18.3 Å². The van der Waals surface area contributed by atoms with Gasteiger partial charge < -0.3 is 5.11 Å². The van der Waals surface area contributed by atoms with Crippen molar-refractivity contribution in [2.45, 2.75) is 63.6 Å². The van der Waals surface area contributed by atoms with Gasteiger partial charge in [-0.25, -0.2) is 0 Å². The molecule has 15 heavy (non-hydrogen) atoms. The standard InChI is InChI=1S/C11H19F3O/c12-11(13,14)7-3-6-10(15)8-9-4-1-2-5-9/h9-10,15H,1-8H2. The quantitative estimate of drug-likeness (QED) is 0.755. The van der Waals surface area contributed by atoms with Gasteiger partial charge >= 0.3 is 6.18 Å². The molecule has 1 aliphatic carbocycles. The maximum atomic E-state index is 11.8. The summed E-state index contributed by atoms with van der Waals surface area (Å²) in [7, 11) is 0. The summed E-state index contributed by atoms with van der Waals surface area (Å²) in [6, 6.07) is 0. The Kier molecular flexibility index (Phi) is 4.90. The number of alkyl halides is 3. The zero-order valence-electron chi connectivity index (χ0n) is 8.89. The van der Waals surface area contributed by atoms with Crippen LogP contribution in [0.2, 0.25) is 0 Å². The molecule has 0 bridgehead atoms. The summed E-state index contributed by atoms with van der Waals surface area (Å²) in [6.45, 7) is 0. The predicted molar refractivity (Wildman–Crippen MR) is 52.5 cm³/mol. The Labute approximate surface area is 88.7 Å². The monoisotopic (exact) mass is 224 g/mol. The SMILES string of the molecule is OC(CCCC(F)(F)F)CC1CCCC1. The van der Waals surface area contributed by atoms with Crippen LogP contribution in [0.4, 0.5) is 13.2 Å². The van der Waals surface area contributed by atoms with E-state index in [9.17, 15) is 18.3 Å². The second-order valence-electron chi connectivity index (χ2n) is 4.55. The Morgan fingerprint density at radius 2 is 1.80 bits per heavy atom. The maximum Gasteiger partial charge on any atom is 0.389 e. The average molecular weight is 224 g/mol. The van der Waals surface area contributed by atoms with Crippen LogP contribution in [0.1, 0.15) is 51.4 Å². The Bertz CT molecular complexity index is 173. The van der Waals surface area contributed by atoms with Crippen LogP contribution in [0.5, 0.6) is 0 Å². The molecule has 1 N–H and O–H groups in total. The number of hydrogen-bond acceptors (Lipinski definition) is 1. The van der Waals surface area contributed by atoms with Gasteiger partial charge in [-0.05, 0) is 25.2 Å². The molecular weight excluding hydrogens is 205 g/mol. The zero-order valence-corrected chi connectivity index (χ0v) is 8.89. The van der Waals surface area contributed by atoms with Gasteiger partial charge in [0.15, 0.2) is 0 Å². The average Bonchev–Trinajstić information content (AvgIpc) is 2.54. The van der Waals surface area contributed by atoms with Crippen LogP contribution >= 0.6 is 0 Å². The molecule has 0 radical (unpaired) electrons. The largest absolute Gasteiger partial charge is 0.393 e. The topological polar surface area (TPSA) is 20.2 Å². The van der Waals surface area contributed by atoms with Crippen LogP contribution in [0.25, 0.3) is 0 Å². The second kappa shape index (κ2) is 5.73. The minimum Gasteiger partial charge on any atom is -0.393 e. The van der Waals surface area contributed by atoms with Gasteiger partial charge in [0.2, 0.25) is 0 Å². The predicted octanol–water partition coefficient (Wildman–Crippen LogP) is 3.66. The minimum atomic E-state index is -4.08. The molecule has 1 rings (SSSR count). The molecule has 0 saturated heterocycles. The van der Waals surface area contributed by atoms with Crippen LogP contribution in [-0.2, 0) is 0 Å². The summed E-state index contributed by atoms with van der Waals surface area (Å²) in [5.74, 6) is 0.547. The first-order chi connectivity index (χ1) is 6.97. The molecule has 0 heterocycles. The van der Waals surface area contributed by atoms with E-state index in [4.69, 9.17) is 0 Å². The number of halogens is 3. The first-order valence-electron chi connectivity index (χ1n) is 5.72. The van der Waals surface area contributed by atoms with Crippen molar-refractivity contribution in [1.29, 1.82) is 0 Å². The number of hydrogen-bond donors (Lipinski definition) is 1. The third-order valence-electron chi connectivity index (χ3n) is 3.08. The van der Waals surface area contributed by atoms with Crippen LogP contribution < -0.4 is 0 Å². The van der Waals surface area contributed by atoms with Crippen molar-refractivity contribution in [3.8, 4) is 0 Å². The summed E-state index contributed by atoms with van der Waals surface area (Å²) >= 11 is 0. The van der Waals surface area contributed by atoms with Crippen molar-refractivity contribution in [2.75, 3.05) is 0 Å². The van der Waals surface area contributed by atoms with Gasteiger partial charge in [0.05, 0.1) is 6.10 Å². The molecule has 0 aromatic rings. The molecule has 0 aromatic carbocycles. The molecule has 1 saturated carbocycles. The van der Waals surface area contributed by atoms with Gasteiger partial charge in [-0.2, -0.15) is 13.2 Å². The van der Waals surface area contributed by atoms with E-state index in [-0.39, 0.29) is 12.8 Å². The van der Waals surface area contributed by atoms with Crippen molar-refractivity contribution in [3.05, 3.63) is 0 Å². The minimum absolute atomic E-state index is 0.0530. The Hall–Kier alpha value is -0.250. The molecule has 0 aromatic heterocycles. The van der Waals surface area contributed by atoms with Crippen molar-refractivity contribution in [3.63, 3.8) is 0 Å². The van der Waals surface area contributed by atoms with E-state index in [0.29, 0.717) is 12.3 Å². The van der Waals surface area contributed by atoms with E-state index >= 15 is 0 Å². The molecule has 0 aliphatic heterocycles. The molecule has 1 fully saturated rings. The summed E-state index contributed by atoms with van der Waals surface area (Å²) < 4.78 is 35.5. The highest BCUT2D eigenvalue weighted by atomic mass is 19.4. The molecule has 1 aliphatic rings. The highest BCUT2D eigenvalue weighted by molar-refractivity contribution is 4.71. The van der Waals surface area contributed by atoms with Gasteiger partial charge in [-0.1, -0.05) is 25.7 Å². The van der Waals surface area contributed by atoms with E-state index < -0.39 is 18.7 Å². The van der Waals surface area contributed by atoms with Gasteiger partial charge in [0.1, 0.15) is 0 Å². The molecule has 0 amide bonds. The Balaban J connectivity index is 2.05. The van der Waals surface area contributed by atoms with Crippen LogP contribution in [0, 0.1) is 5.92 Å². The number of aliphatic hydroxyl groups is 1. The van der Waals surface area contributed by atoms with Crippen molar-refractivity contribution in [1.82, 2.24) is 0 Å². The van der Waals surface area contributed by atoms with E-state index in [1.165, 1.54) is 12.8 Å². The Morgan fingerprint density at radius 1 is 1.20 bits per heavy atom. The normalized spacial score (nSPS) is 20.8. The lowest BCUT2D eigenvalue weighted by atomic mass is 9.97. The zero-order chi connectivity index (χ0) is 11.3. The van der Waals surface area contributed by atoms with Crippen LogP contribution in [-0.4, -0.2) is 17.4 Å². The molecule has 90 valence electrons. The van der Waals surface area contributed by atoms with Crippen molar-refractivity contribution in [2.24, 2.45) is 5.92 Å². The summed E-state index contributed by atoms with van der Waals surface area (Å²) in [5, 5.41) is 9.54. The van der Waals surface area contributed by atoms with Gasteiger partial charge in [0, 0.05) is 6.42 Å². The third-order valence-corrected chi connectivity index (χ3v) is 3.08. The molecule has 0 spiro atoms. The van der Waals surface area contributed by atoms with Crippen LogP contribution in [0.3, 0.4) is 0 Å². The summed E-state index contributed by atoms with van der Waals surface area (Å²) in [4.78, 5) is 0. The molecule has 1 unspecified atom stereocenters. The summed E-state index contributed by atoms with van der Waals surface area (Å²) in [6.07, 6.45) is 0.343. The fourth-order valence-electron chi connectivity index (χ4n) is 2.29. The molecule has 4 heteroatoms. The number of aliphatic hydroxyl groups excluding tert-OH is 1. The van der Waals surface area contributed by atoms with E-state index in [1.807, 2.05) is 0 Å². The van der Waals surface area contributed by atoms with Gasteiger partial charge in [-0.15, -0.1) is 0 Å². The number of rotatable bonds is 5. The second-order valence-corrected chi connectivity index (χ2v) is 4.55. The maximum absolute atomic E-state index is 11.8. The summed E-state index contributed by atoms with van der Waals surface area (Å²) in [5.41, 5.74) is 0. The molecule has 1 atom stereocenters. The molecular formula is C11H19F3O. The lowest BCUT2D eigenvalue weighted by molar-refractivity contribution is -0.136. The fourth-order valence-corrected chi connectivity index (χ4v) is 2.29. The first kappa shape index (κ1) is 12.8. The van der Waals surface area contributed by atoms with Crippen molar-refractivity contribution >= 4 is 0 Å². The van der Waals surface area contributed by atoms with E-state index in [1.54, 1.807) is 0 Å². The Morgan fingerprint density at radius 3 is 2.33 bits per heavy atom. The highest BCUT2D eigenvalue weighted by Crippen LogP contribution is 2.30.